The van der Waals surface area contributed by atoms with Crippen LogP contribution in [0.4, 0.5) is 23.0 Å². The summed E-state index contributed by atoms with van der Waals surface area (Å²) in [5.41, 5.74) is 1.19. The van der Waals surface area contributed by atoms with Crippen molar-refractivity contribution in [1.29, 1.82) is 0 Å². The fourth-order valence-electron chi connectivity index (χ4n) is 2.79. The summed E-state index contributed by atoms with van der Waals surface area (Å²) in [5.74, 6) is -0.538. The van der Waals surface area contributed by atoms with Crippen molar-refractivity contribution in [3.63, 3.8) is 0 Å². The molecule has 9 heteroatoms. The van der Waals surface area contributed by atoms with Crippen LogP contribution in [0.1, 0.15) is 28.9 Å². The van der Waals surface area contributed by atoms with Crippen LogP contribution in [-0.4, -0.2) is 28.0 Å². The number of methoxy groups -OCH3 is 1. The van der Waals surface area contributed by atoms with Gasteiger partial charge < -0.3 is 15.4 Å². The maximum absolute atomic E-state index is 12.0. The number of carbonyl (C=O) groups excluding carboxylic acids is 1. The van der Waals surface area contributed by atoms with Crippen molar-refractivity contribution in [3.8, 4) is 0 Å². The maximum atomic E-state index is 12.0. The topological polar surface area (TPSA) is 119 Å². The number of para-hydroxylation sites is 1. The summed E-state index contributed by atoms with van der Waals surface area (Å²) in [6.45, 7) is 1.88. The lowest BCUT2D eigenvalue weighted by atomic mass is 10.1. The van der Waals surface area contributed by atoms with E-state index in [0.717, 1.165) is 5.56 Å². The molecule has 1 unspecified atom stereocenters. The van der Waals surface area contributed by atoms with Crippen LogP contribution in [-0.2, 0) is 4.74 Å². The van der Waals surface area contributed by atoms with Crippen LogP contribution in [0.25, 0.3) is 0 Å². The number of hydrogen-bond donors (Lipinski definition) is 2. The highest BCUT2D eigenvalue weighted by atomic mass is 16.6. The first-order valence-electron chi connectivity index (χ1n) is 8.76. The highest BCUT2D eigenvalue weighted by Gasteiger charge is 2.25. The first kappa shape index (κ1) is 19.7. The van der Waals surface area contributed by atoms with E-state index in [-0.39, 0.29) is 28.9 Å². The Morgan fingerprint density at radius 1 is 1.07 bits per heavy atom. The molecule has 0 aliphatic heterocycles. The van der Waals surface area contributed by atoms with Gasteiger partial charge in [-0.15, -0.1) is 0 Å². The molecule has 3 aromatic rings. The van der Waals surface area contributed by atoms with Gasteiger partial charge in [0, 0.05) is 0 Å². The summed E-state index contributed by atoms with van der Waals surface area (Å²) >= 11 is 0. The van der Waals surface area contributed by atoms with Gasteiger partial charge in [-0.1, -0.05) is 42.5 Å². The maximum Gasteiger partial charge on any atom is 0.353 e. The second kappa shape index (κ2) is 8.79. The zero-order valence-corrected chi connectivity index (χ0v) is 15.8. The van der Waals surface area contributed by atoms with Crippen molar-refractivity contribution in [3.05, 3.63) is 82.2 Å². The quantitative estimate of drug-likeness (QED) is 0.350. The Morgan fingerprint density at radius 2 is 1.72 bits per heavy atom. The number of hydrogen-bond acceptors (Lipinski definition) is 8. The second-order valence-corrected chi connectivity index (χ2v) is 6.12. The third kappa shape index (κ3) is 4.46. The highest BCUT2D eigenvalue weighted by Crippen LogP contribution is 2.34. The van der Waals surface area contributed by atoms with Gasteiger partial charge in [-0.25, -0.2) is 14.8 Å². The molecule has 0 saturated carbocycles. The number of esters is 1. The lowest BCUT2D eigenvalue weighted by Crippen LogP contribution is -2.12. The molecule has 9 nitrogen and oxygen atoms in total. The van der Waals surface area contributed by atoms with E-state index in [1.165, 1.54) is 13.4 Å². The average molecular weight is 393 g/mol. The summed E-state index contributed by atoms with van der Waals surface area (Å²) in [7, 11) is 1.26. The van der Waals surface area contributed by atoms with E-state index >= 15 is 0 Å². The molecular weight excluding hydrogens is 374 g/mol. The minimum atomic E-state index is -0.569. The highest BCUT2D eigenvalue weighted by molar-refractivity contribution is 5.96. The number of rotatable bonds is 7. The number of nitrogens with zero attached hydrogens (tertiary/aromatic N) is 3. The van der Waals surface area contributed by atoms with E-state index in [9.17, 15) is 14.9 Å². The van der Waals surface area contributed by atoms with Gasteiger partial charge in [0.05, 0.1) is 29.3 Å². The van der Waals surface area contributed by atoms with E-state index in [0.29, 0.717) is 5.69 Å². The number of nitrogens with one attached hydrogen (secondary N) is 2. The Morgan fingerprint density at radius 3 is 2.41 bits per heavy atom. The molecule has 2 N–H and O–H groups in total. The van der Waals surface area contributed by atoms with Crippen molar-refractivity contribution < 1.29 is 14.5 Å². The van der Waals surface area contributed by atoms with Crippen molar-refractivity contribution >= 4 is 29.0 Å². The van der Waals surface area contributed by atoms with Crippen molar-refractivity contribution in [2.75, 3.05) is 17.7 Å². The van der Waals surface area contributed by atoms with Crippen molar-refractivity contribution in [2.24, 2.45) is 0 Å². The average Bonchev–Trinajstić information content (AvgIpc) is 2.74. The van der Waals surface area contributed by atoms with Crippen LogP contribution in [0, 0.1) is 10.1 Å². The van der Waals surface area contributed by atoms with Gasteiger partial charge in [0.1, 0.15) is 6.33 Å². The number of anilines is 3. The minimum Gasteiger partial charge on any atom is -0.465 e. The van der Waals surface area contributed by atoms with Crippen molar-refractivity contribution in [2.45, 2.75) is 13.0 Å². The van der Waals surface area contributed by atoms with Gasteiger partial charge >= 0.3 is 11.7 Å². The summed E-state index contributed by atoms with van der Waals surface area (Å²) in [4.78, 5) is 31.2. The molecule has 1 heterocycles. The minimum absolute atomic E-state index is 0.0379. The number of carbonyl (C=O) groups is 1. The molecule has 148 valence electrons. The normalized spacial score (nSPS) is 11.4. The second-order valence-electron chi connectivity index (χ2n) is 6.12. The molecule has 29 heavy (non-hydrogen) atoms. The molecule has 0 amide bonds. The van der Waals surface area contributed by atoms with Crippen LogP contribution < -0.4 is 10.6 Å². The zero-order chi connectivity index (χ0) is 20.8. The molecule has 0 fully saturated rings. The number of aromatic nitrogens is 2. The zero-order valence-electron chi connectivity index (χ0n) is 15.8. The SMILES string of the molecule is COC(=O)c1ccccc1Nc1ncnc(NC(C)c2ccccc2)c1[N+](=O)[O-]. The Bertz CT molecular complexity index is 1030. The molecule has 0 aliphatic rings. The Balaban J connectivity index is 1.96. The van der Waals surface area contributed by atoms with E-state index in [1.54, 1.807) is 24.3 Å². The standard InChI is InChI=1S/C20H19N5O4/c1-13(14-8-4-3-5-9-14)23-18-17(25(27)28)19(22-12-21-18)24-16-11-7-6-10-15(16)20(26)29-2/h3-13H,1-2H3,(H2,21,22,23,24). The largest absolute Gasteiger partial charge is 0.465 e. The van der Waals surface area contributed by atoms with Crippen LogP contribution in [0.15, 0.2) is 60.9 Å². The third-order valence-electron chi connectivity index (χ3n) is 4.24. The summed E-state index contributed by atoms with van der Waals surface area (Å²) < 4.78 is 4.76. The molecule has 0 aliphatic carbocycles. The van der Waals surface area contributed by atoms with Gasteiger partial charge in [-0.2, -0.15) is 0 Å². The molecule has 1 aromatic heterocycles. The fourth-order valence-corrected chi connectivity index (χ4v) is 2.79. The molecule has 0 radical (unpaired) electrons. The molecule has 2 aromatic carbocycles. The first-order valence-corrected chi connectivity index (χ1v) is 8.76. The lowest BCUT2D eigenvalue weighted by molar-refractivity contribution is -0.383. The molecule has 0 saturated heterocycles. The lowest BCUT2D eigenvalue weighted by Gasteiger charge is -2.16. The Labute approximate surface area is 166 Å². The van der Waals surface area contributed by atoms with E-state index in [2.05, 4.69) is 20.6 Å². The van der Waals surface area contributed by atoms with E-state index in [1.807, 2.05) is 37.3 Å². The summed E-state index contributed by atoms with van der Waals surface area (Å²) in [6, 6.07) is 15.8. The van der Waals surface area contributed by atoms with Crippen LogP contribution >= 0.6 is 0 Å². The van der Waals surface area contributed by atoms with Gasteiger partial charge in [-0.05, 0) is 24.6 Å². The Kier molecular flexibility index (Phi) is 5.98. The van der Waals surface area contributed by atoms with E-state index < -0.39 is 10.9 Å². The summed E-state index contributed by atoms with van der Waals surface area (Å²) in [5, 5.41) is 17.7. The van der Waals surface area contributed by atoms with Crippen LogP contribution in [0.5, 0.6) is 0 Å². The molecule has 0 spiro atoms. The molecular formula is C20H19N5O4. The van der Waals surface area contributed by atoms with Gasteiger partial charge in [0.15, 0.2) is 0 Å². The van der Waals surface area contributed by atoms with Crippen molar-refractivity contribution in [1.82, 2.24) is 9.97 Å². The number of benzene rings is 2. The van der Waals surface area contributed by atoms with Gasteiger partial charge in [-0.3, -0.25) is 10.1 Å². The summed E-state index contributed by atoms with van der Waals surface area (Å²) in [6.07, 6.45) is 1.22. The number of nitro groups is 1. The van der Waals surface area contributed by atoms with Crippen LogP contribution in [0.2, 0.25) is 0 Å². The van der Waals surface area contributed by atoms with E-state index in [4.69, 9.17) is 4.74 Å². The predicted molar refractivity (Wildman–Crippen MR) is 108 cm³/mol. The predicted octanol–water partition coefficient (Wildman–Crippen LogP) is 4.09. The number of ether oxygens (including phenoxy) is 1. The van der Waals surface area contributed by atoms with Crippen LogP contribution in [0.3, 0.4) is 0 Å². The van der Waals surface area contributed by atoms with Gasteiger partial charge in [0.2, 0.25) is 11.6 Å². The Hall–Kier alpha value is -4.01. The molecule has 0 bridgehead atoms. The first-order chi connectivity index (χ1) is 14.0. The smallest absolute Gasteiger partial charge is 0.353 e. The third-order valence-corrected chi connectivity index (χ3v) is 4.24. The molecule has 1 atom stereocenters. The van der Waals surface area contributed by atoms with Gasteiger partial charge in [0.25, 0.3) is 0 Å². The monoisotopic (exact) mass is 393 g/mol. The fraction of sp³-hybridized carbons (Fsp3) is 0.150. The molecule has 3 rings (SSSR count).